The number of rotatable bonds is 14. The van der Waals surface area contributed by atoms with Gasteiger partial charge in [0.25, 0.3) is 5.91 Å². The van der Waals surface area contributed by atoms with E-state index in [0.717, 1.165) is 15.8 Å². The van der Waals surface area contributed by atoms with Crippen molar-refractivity contribution < 1.29 is 34.0 Å². The molecule has 3 rings (SSSR count). The molecule has 1 heterocycles. The van der Waals surface area contributed by atoms with Gasteiger partial charge in [-0.2, -0.15) is 0 Å². The van der Waals surface area contributed by atoms with Crippen LogP contribution < -0.4 is 22.9 Å². The molecule has 0 saturated carbocycles. The maximum absolute atomic E-state index is 14.7. The zero-order valence-corrected chi connectivity index (χ0v) is 27.2. The number of likely N-dealkylation sites (tertiary alicyclic amines) is 1. The van der Waals surface area contributed by atoms with Gasteiger partial charge >= 0.3 is 11.9 Å². The SMILES string of the molecule is C[C@H](N)C(=O)N1CCC[C@H]1C(=O)N([C@H](C)C(=O)O)P(=O)(Cc1ccccc1)Cc1ccccc1.NC(N)=NCCC[C@H](N)C(=O)O. The lowest BCUT2D eigenvalue weighted by Crippen LogP contribution is -2.53. The van der Waals surface area contributed by atoms with Crippen molar-refractivity contribution in [1.29, 1.82) is 0 Å². The number of carboxylic acid groups (broad SMARTS) is 2. The number of amides is 2. The van der Waals surface area contributed by atoms with Crippen LogP contribution >= 0.6 is 7.29 Å². The minimum Gasteiger partial charge on any atom is -0.480 e. The smallest absolute Gasteiger partial charge is 0.326 e. The van der Waals surface area contributed by atoms with Gasteiger partial charge in [0.15, 0.2) is 13.3 Å². The van der Waals surface area contributed by atoms with Crippen molar-refractivity contribution in [1.82, 2.24) is 9.57 Å². The van der Waals surface area contributed by atoms with Gasteiger partial charge in [0.05, 0.1) is 6.04 Å². The zero-order chi connectivity index (χ0) is 34.4. The summed E-state index contributed by atoms with van der Waals surface area (Å²) in [6.07, 6.45) is 1.97. The molecule has 15 heteroatoms. The highest BCUT2D eigenvalue weighted by Crippen LogP contribution is 2.57. The number of benzene rings is 2. The lowest BCUT2D eigenvalue weighted by Gasteiger charge is -2.38. The maximum atomic E-state index is 14.7. The van der Waals surface area contributed by atoms with Crippen molar-refractivity contribution in [2.24, 2.45) is 27.9 Å². The first-order chi connectivity index (χ1) is 21.7. The van der Waals surface area contributed by atoms with E-state index in [-0.39, 0.29) is 24.2 Å². The third-order valence-corrected chi connectivity index (χ3v) is 10.4. The van der Waals surface area contributed by atoms with Crippen molar-refractivity contribution >= 4 is 37.0 Å². The van der Waals surface area contributed by atoms with Crippen molar-refractivity contribution in [3.8, 4) is 0 Å². The van der Waals surface area contributed by atoms with Crippen molar-refractivity contribution in [2.45, 2.75) is 76.0 Å². The molecule has 2 aromatic carbocycles. The number of carboxylic acids is 2. The van der Waals surface area contributed by atoms with Crippen molar-refractivity contribution in [2.75, 3.05) is 13.1 Å². The maximum Gasteiger partial charge on any atom is 0.326 e. The number of nitrogens with two attached hydrogens (primary N) is 4. The average Bonchev–Trinajstić information content (AvgIpc) is 3.50. The first-order valence-electron chi connectivity index (χ1n) is 15.0. The highest BCUT2D eigenvalue weighted by molar-refractivity contribution is 7.60. The first-order valence-corrected chi connectivity index (χ1v) is 17.0. The van der Waals surface area contributed by atoms with Crippen molar-refractivity contribution in [3.05, 3.63) is 71.8 Å². The Balaban J connectivity index is 0.000000521. The van der Waals surface area contributed by atoms with Gasteiger partial charge in [-0.15, -0.1) is 0 Å². The van der Waals surface area contributed by atoms with E-state index in [1.54, 1.807) is 6.92 Å². The second-order valence-electron chi connectivity index (χ2n) is 11.2. The third kappa shape index (κ3) is 11.3. The fraction of sp³-hybridized carbons (Fsp3) is 0.452. The van der Waals surface area contributed by atoms with Crippen molar-refractivity contribution in [3.63, 3.8) is 0 Å². The minimum absolute atomic E-state index is 0.0129. The van der Waals surface area contributed by atoms with E-state index in [0.29, 0.717) is 38.8 Å². The fourth-order valence-electron chi connectivity index (χ4n) is 5.08. The molecular formula is C31H46N7O7P. The largest absolute Gasteiger partial charge is 0.480 e. The van der Waals surface area contributed by atoms with Crippen LogP contribution in [0.15, 0.2) is 65.7 Å². The van der Waals surface area contributed by atoms with Gasteiger partial charge in [-0.05, 0) is 50.7 Å². The summed E-state index contributed by atoms with van der Waals surface area (Å²) in [4.78, 5) is 54.0. The van der Waals surface area contributed by atoms with Gasteiger partial charge in [0.2, 0.25) is 5.91 Å². The van der Waals surface area contributed by atoms with E-state index in [1.165, 1.54) is 11.8 Å². The second-order valence-corrected chi connectivity index (χ2v) is 14.0. The lowest BCUT2D eigenvalue weighted by atomic mass is 10.1. The third-order valence-electron chi connectivity index (χ3n) is 7.38. The Bertz CT molecular complexity index is 1340. The van der Waals surface area contributed by atoms with Crippen LogP contribution in [-0.4, -0.2) is 86.8 Å². The molecule has 10 N–H and O–H groups in total. The summed E-state index contributed by atoms with van der Waals surface area (Å²) in [5.41, 5.74) is 22.6. The van der Waals surface area contributed by atoms with Crippen LogP contribution in [0, 0.1) is 0 Å². The van der Waals surface area contributed by atoms with E-state index in [2.05, 4.69) is 4.99 Å². The number of aliphatic carboxylic acids is 2. The van der Waals surface area contributed by atoms with E-state index in [1.807, 2.05) is 60.7 Å². The van der Waals surface area contributed by atoms with Gasteiger partial charge in [0.1, 0.15) is 18.1 Å². The van der Waals surface area contributed by atoms with Gasteiger partial charge in [0, 0.05) is 25.4 Å². The molecular weight excluding hydrogens is 613 g/mol. The number of hydrogen-bond donors (Lipinski definition) is 6. The van der Waals surface area contributed by atoms with Gasteiger partial charge in [-0.25, -0.2) is 4.79 Å². The number of hydrogen-bond acceptors (Lipinski definition) is 8. The van der Waals surface area contributed by atoms with Crippen LogP contribution in [0.1, 0.15) is 50.7 Å². The molecule has 0 aliphatic carbocycles. The highest BCUT2D eigenvalue weighted by atomic mass is 31.2. The van der Waals surface area contributed by atoms with Crippen LogP contribution in [-0.2, 0) is 36.1 Å². The molecule has 0 spiro atoms. The summed E-state index contributed by atoms with van der Waals surface area (Å²) in [5.74, 6) is -3.22. The molecule has 0 unspecified atom stereocenters. The molecule has 1 aliphatic heterocycles. The second kappa shape index (κ2) is 18.0. The topological polar surface area (TPSA) is 249 Å². The molecule has 0 bridgehead atoms. The Labute approximate surface area is 269 Å². The van der Waals surface area contributed by atoms with Crippen LogP contribution in [0.2, 0.25) is 0 Å². The molecule has 2 aromatic rings. The molecule has 46 heavy (non-hydrogen) atoms. The van der Waals surface area contributed by atoms with Crippen LogP contribution in [0.25, 0.3) is 0 Å². The fourth-order valence-corrected chi connectivity index (χ4v) is 8.28. The number of carbonyl (C=O) groups is 4. The number of guanidine groups is 1. The molecule has 4 atom stereocenters. The highest BCUT2D eigenvalue weighted by Gasteiger charge is 2.46. The van der Waals surface area contributed by atoms with E-state index < -0.39 is 49.3 Å². The Morgan fingerprint density at radius 1 is 0.935 bits per heavy atom. The molecule has 252 valence electrons. The minimum atomic E-state index is -3.64. The summed E-state index contributed by atoms with van der Waals surface area (Å²) in [5, 5.41) is 18.3. The normalized spacial score (nSPS) is 16.3. The Morgan fingerprint density at radius 3 is 1.89 bits per heavy atom. The summed E-state index contributed by atoms with van der Waals surface area (Å²) < 4.78 is 15.8. The summed E-state index contributed by atoms with van der Waals surface area (Å²) in [6.45, 7) is 3.70. The summed E-state index contributed by atoms with van der Waals surface area (Å²) in [7, 11) is -3.64. The van der Waals surface area contributed by atoms with E-state index in [4.69, 9.17) is 28.0 Å². The predicted octanol–water partition coefficient (Wildman–Crippen LogP) is 1.76. The van der Waals surface area contributed by atoms with Gasteiger partial charge in [-0.1, -0.05) is 60.7 Å². The first kappa shape index (κ1) is 37.9. The molecule has 1 saturated heterocycles. The molecule has 14 nitrogen and oxygen atoms in total. The van der Waals surface area contributed by atoms with Crippen LogP contribution in [0.4, 0.5) is 0 Å². The number of carbonyl (C=O) groups excluding carboxylic acids is 2. The Hall–Kier alpha value is -4.26. The number of aliphatic imine (C=N–C) groups is 1. The predicted molar refractivity (Wildman–Crippen MR) is 176 cm³/mol. The summed E-state index contributed by atoms with van der Waals surface area (Å²) >= 11 is 0. The standard InChI is InChI=1S/C25H32N3O5P.C6H14N4O2/c1-18(26)23(29)27-15-9-14-22(27)24(30)28(19(2)25(31)32)34(33,16-20-10-5-3-6-11-20)17-21-12-7-4-8-13-21;7-4(5(11)12)2-1-3-10-6(8)9/h3-8,10-13,18-19,22H,9,14-17,26H2,1-2H3,(H,31,32);4H,1-3,7H2,(H,11,12)(H4,8,9,10)/t18-,19+,22-;4-/m00/s1. The lowest BCUT2D eigenvalue weighted by molar-refractivity contribution is -0.148. The van der Waals surface area contributed by atoms with Gasteiger partial charge < -0.3 is 38.0 Å². The van der Waals surface area contributed by atoms with Gasteiger partial charge in [-0.3, -0.25) is 28.6 Å². The van der Waals surface area contributed by atoms with E-state index in [9.17, 15) is 28.8 Å². The monoisotopic (exact) mass is 659 g/mol. The van der Waals surface area contributed by atoms with Crippen LogP contribution in [0.5, 0.6) is 0 Å². The molecule has 0 aromatic heterocycles. The van der Waals surface area contributed by atoms with E-state index >= 15 is 0 Å². The zero-order valence-electron chi connectivity index (χ0n) is 26.3. The number of nitrogens with zero attached hydrogens (tertiary/aromatic N) is 3. The average molecular weight is 660 g/mol. The quantitative estimate of drug-likeness (QED) is 0.0738. The molecule has 1 fully saturated rings. The Morgan fingerprint density at radius 2 is 1.46 bits per heavy atom. The molecule has 1 aliphatic rings. The molecule has 2 amide bonds. The Kier molecular flexibility index (Phi) is 14.9. The summed E-state index contributed by atoms with van der Waals surface area (Å²) in [6, 6.07) is 14.3. The van der Waals surface area contributed by atoms with Crippen LogP contribution in [0.3, 0.4) is 0 Å². The molecule has 0 radical (unpaired) electrons.